The fourth-order valence-corrected chi connectivity index (χ4v) is 6.90. The second kappa shape index (κ2) is 14.5. The van der Waals surface area contributed by atoms with E-state index in [1.54, 1.807) is 39.5 Å². The summed E-state index contributed by atoms with van der Waals surface area (Å²) in [6.07, 6.45) is 5.27. The van der Waals surface area contributed by atoms with Crippen molar-refractivity contribution in [2.45, 2.75) is 22.0 Å². The highest BCUT2D eigenvalue weighted by atomic mass is 35.5. The first kappa shape index (κ1) is 34.5. The predicted octanol–water partition coefficient (Wildman–Crippen LogP) is 8.34. The summed E-state index contributed by atoms with van der Waals surface area (Å²) in [5.41, 5.74) is 6.05. The molecule has 1 N–H and O–H groups in total. The number of nitrogens with zero attached hydrogens (tertiary/aromatic N) is 1. The maximum absolute atomic E-state index is 11.0. The molecule has 4 aromatic rings. The van der Waals surface area contributed by atoms with E-state index >= 15 is 0 Å². The zero-order chi connectivity index (χ0) is 32.4. The lowest BCUT2D eigenvalue weighted by Gasteiger charge is -2.39. The Morgan fingerprint density at radius 1 is 0.872 bits per heavy atom. The molecule has 0 bridgehead atoms. The molecule has 3 heterocycles. The van der Waals surface area contributed by atoms with Gasteiger partial charge in [0.2, 0.25) is 0 Å². The molecular weight excluding hydrogens is 657 g/mol. The monoisotopic (exact) mass is 693 g/mol. The van der Waals surface area contributed by atoms with E-state index in [0.717, 1.165) is 23.6 Å². The predicted molar refractivity (Wildman–Crippen MR) is 191 cm³/mol. The molecule has 4 aromatic carbocycles. The Bertz CT molecular complexity index is 1840. The third-order valence-electron chi connectivity index (χ3n) is 7.97. The summed E-state index contributed by atoms with van der Waals surface area (Å²) in [6, 6.07) is 23.8. The van der Waals surface area contributed by atoms with E-state index < -0.39 is 5.79 Å². The number of hydrogen-bond acceptors (Lipinski definition) is 8. The van der Waals surface area contributed by atoms with Crippen molar-refractivity contribution in [3.63, 3.8) is 0 Å². The first-order valence-electron chi connectivity index (χ1n) is 14.9. The Hall–Kier alpha value is -3.79. The van der Waals surface area contributed by atoms with Gasteiger partial charge in [-0.05, 0) is 85.8 Å². The number of benzene rings is 4. The highest BCUT2D eigenvalue weighted by Crippen LogP contribution is 2.49. The summed E-state index contributed by atoms with van der Waals surface area (Å²) < 4.78 is 27.5. The van der Waals surface area contributed by atoms with Crippen molar-refractivity contribution in [2.24, 2.45) is 0 Å². The number of aliphatic hydroxyl groups is 1. The number of methoxy groups -OCH3 is 3. The molecule has 0 saturated heterocycles. The van der Waals surface area contributed by atoms with Crippen LogP contribution in [0, 0.1) is 0 Å². The summed E-state index contributed by atoms with van der Waals surface area (Å²) in [6.45, 7) is 1.02. The Balaban J connectivity index is 0.000000183. The first-order chi connectivity index (χ1) is 22.2. The molecule has 3 aliphatic heterocycles. The number of ether oxygens (including phenoxy) is 5. The van der Waals surface area contributed by atoms with E-state index in [2.05, 4.69) is 61.5 Å². The van der Waals surface area contributed by atoms with E-state index in [9.17, 15) is 5.11 Å². The van der Waals surface area contributed by atoms with Gasteiger partial charge in [0, 0.05) is 50.2 Å². The lowest BCUT2D eigenvalue weighted by Crippen LogP contribution is -2.47. The molecule has 0 saturated carbocycles. The molecule has 0 radical (unpaired) electrons. The average Bonchev–Trinajstić information content (AvgIpc) is 3.06. The highest BCUT2D eigenvalue weighted by molar-refractivity contribution is 7.99. The summed E-state index contributed by atoms with van der Waals surface area (Å²) in [7, 11) is 8.92. The molecule has 0 spiro atoms. The van der Waals surface area contributed by atoms with E-state index in [-0.39, 0.29) is 19.0 Å². The fourth-order valence-electron chi connectivity index (χ4n) is 5.65. The van der Waals surface area contributed by atoms with Gasteiger partial charge >= 0.3 is 0 Å². The van der Waals surface area contributed by atoms with Gasteiger partial charge in [-0.2, -0.15) is 0 Å². The lowest BCUT2D eigenvalue weighted by molar-refractivity contribution is -0.116. The average molecular weight is 695 g/mol. The van der Waals surface area contributed by atoms with Crippen LogP contribution in [0.3, 0.4) is 0 Å². The van der Waals surface area contributed by atoms with E-state index in [4.69, 9.17) is 35.3 Å². The van der Waals surface area contributed by atoms with E-state index in [1.165, 1.54) is 26.5 Å². The largest absolute Gasteiger partial charge is 0.497 e. The maximum Gasteiger partial charge on any atom is 0.270 e. The van der Waals surface area contributed by atoms with Gasteiger partial charge in [-0.15, -0.1) is 12.4 Å². The van der Waals surface area contributed by atoms with Crippen molar-refractivity contribution in [3.8, 4) is 28.7 Å². The summed E-state index contributed by atoms with van der Waals surface area (Å²) >= 11 is 8.03. The molecule has 10 heteroatoms. The third kappa shape index (κ3) is 7.08. The van der Waals surface area contributed by atoms with Crippen molar-refractivity contribution >= 4 is 53.0 Å². The fraction of sp³-hybridized carbons (Fsp3) is 0.243. The minimum absolute atomic E-state index is 0. The SMILES string of the molecule is CN(C)CCC=C1c2ccccc2Sc2ccc(Cl)cc21.COc1ccc2c(c1)OC1(O)COc3cc(OC)c(OC)cc3C1=C2.Cl. The van der Waals surface area contributed by atoms with Gasteiger partial charge < -0.3 is 33.7 Å². The lowest BCUT2D eigenvalue weighted by atomic mass is 9.90. The van der Waals surface area contributed by atoms with Crippen LogP contribution >= 0.6 is 35.8 Å². The minimum Gasteiger partial charge on any atom is -0.497 e. The third-order valence-corrected chi connectivity index (χ3v) is 9.36. The van der Waals surface area contributed by atoms with Gasteiger partial charge in [0.05, 0.1) is 21.3 Å². The van der Waals surface area contributed by atoms with Crippen LogP contribution in [0.2, 0.25) is 5.02 Å². The van der Waals surface area contributed by atoms with E-state index in [1.807, 2.05) is 36.0 Å². The van der Waals surface area contributed by atoms with Crippen LogP contribution in [-0.2, 0) is 0 Å². The Morgan fingerprint density at radius 2 is 1.62 bits per heavy atom. The van der Waals surface area contributed by atoms with Crippen LogP contribution < -0.4 is 23.7 Å². The minimum atomic E-state index is -1.58. The zero-order valence-electron chi connectivity index (χ0n) is 26.8. The van der Waals surface area contributed by atoms with Crippen LogP contribution in [0.25, 0.3) is 17.2 Å². The molecule has 3 aliphatic rings. The van der Waals surface area contributed by atoms with Gasteiger partial charge in [0.25, 0.3) is 5.79 Å². The Kier molecular flexibility index (Phi) is 10.7. The van der Waals surface area contributed by atoms with Gasteiger partial charge in [-0.3, -0.25) is 0 Å². The summed E-state index contributed by atoms with van der Waals surface area (Å²) in [4.78, 5) is 4.82. The van der Waals surface area contributed by atoms with Crippen molar-refractivity contribution in [1.82, 2.24) is 4.90 Å². The van der Waals surface area contributed by atoms with Crippen LogP contribution in [0.5, 0.6) is 28.7 Å². The molecule has 246 valence electrons. The summed E-state index contributed by atoms with van der Waals surface area (Å²) in [5.74, 6) is 1.34. The quantitative estimate of drug-likeness (QED) is 0.190. The van der Waals surface area contributed by atoms with Gasteiger partial charge in [-0.25, -0.2) is 0 Å². The van der Waals surface area contributed by atoms with Crippen LogP contribution in [0.4, 0.5) is 0 Å². The van der Waals surface area contributed by atoms with Gasteiger partial charge in [-0.1, -0.05) is 47.6 Å². The second-order valence-corrected chi connectivity index (χ2v) is 12.8. The summed E-state index contributed by atoms with van der Waals surface area (Å²) in [5, 5.41) is 11.8. The number of fused-ring (bicyclic) bond motifs is 6. The molecular formula is C37H37Cl2NO6S. The highest BCUT2D eigenvalue weighted by Gasteiger charge is 2.44. The van der Waals surface area contributed by atoms with Crippen LogP contribution in [-0.4, -0.2) is 64.4 Å². The molecule has 0 amide bonds. The molecule has 0 aliphatic carbocycles. The molecule has 0 fully saturated rings. The first-order valence-corrected chi connectivity index (χ1v) is 16.1. The molecule has 0 aromatic heterocycles. The van der Waals surface area contributed by atoms with Crippen LogP contribution in [0.15, 0.2) is 88.7 Å². The van der Waals surface area contributed by atoms with Crippen molar-refractivity contribution < 1.29 is 28.8 Å². The molecule has 7 rings (SSSR count). The second-order valence-electron chi connectivity index (χ2n) is 11.3. The number of halogens is 2. The van der Waals surface area contributed by atoms with Crippen molar-refractivity contribution in [2.75, 3.05) is 48.6 Å². The Labute approximate surface area is 291 Å². The maximum atomic E-state index is 11.0. The van der Waals surface area contributed by atoms with E-state index in [0.29, 0.717) is 39.9 Å². The smallest absolute Gasteiger partial charge is 0.270 e. The van der Waals surface area contributed by atoms with Crippen molar-refractivity contribution in [1.29, 1.82) is 0 Å². The molecule has 1 atom stereocenters. The van der Waals surface area contributed by atoms with Crippen molar-refractivity contribution in [3.05, 3.63) is 106 Å². The topological polar surface area (TPSA) is 69.6 Å². The molecule has 1 unspecified atom stereocenters. The molecule has 47 heavy (non-hydrogen) atoms. The van der Waals surface area contributed by atoms with Gasteiger partial charge in [0.1, 0.15) is 17.2 Å². The normalized spacial score (nSPS) is 17.4. The van der Waals surface area contributed by atoms with Gasteiger partial charge in [0.15, 0.2) is 18.1 Å². The number of hydrogen-bond donors (Lipinski definition) is 1. The molecule has 7 nitrogen and oxygen atoms in total. The zero-order valence-corrected chi connectivity index (χ0v) is 29.2. The Morgan fingerprint density at radius 3 is 2.36 bits per heavy atom. The van der Waals surface area contributed by atoms with Crippen LogP contribution in [0.1, 0.15) is 28.7 Å². The standard InChI is InChI=1S/C19H18O6.C18H18ClNS.ClH/c1-21-12-5-4-11-6-14-13-8-17(22-2)18(23-3)9-16(13)24-10-19(14,20)25-15(11)7-12;1-20(2)11-5-7-14-15-6-3-4-8-17(15)21-18-10-9-13(19)12-16(14)18;/h4-9,20H,10H2,1-3H3;3-4,6-10,12H,5,11H2,1-2H3;1H. The number of rotatable bonds is 6.